The van der Waals surface area contributed by atoms with E-state index in [0.717, 1.165) is 12.1 Å². The predicted octanol–water partition coefficient (Wildman–Crippen LogP) is 6.22. The van der Waals surface area contributed by atoms with Crippen molar-refractivity contribution in [2.24, 2.45) is 5.10 Å². The van der Waals surface area contributed by atoms with Crippen molar-refractivity contribution in [3.8, 4) is 11.4 Å². The van der Waals surface area contributed by atoms with Gasteiger partial charge in [0.1, 0.15) is 0 Å². The number of carbonyl (C=O) groups is 2. The highest BCUT2D eigenvalue weighted by Crippen LogP contribution is 2.46. The van der Waals surface area contributed by atoms with Gasteiger partial charge in [-0.25, -0.2) is 10.4 Å². The van der Waals surface area contributed by atoms with E-state index in [4.69, 9.17) is 0 Å². The van der Waals surface area contributed by atoms with E-state index in [-0.39, 0.29) is 16.8 Å². The van der Waals surface area contributed by atoms with Crippen LogP contribution in [0.25, 0.3) is 22.3 Å². The Kier molecular flexibility index (Phi) is 7.77. The number of aromatic nitrogens is 2. The molecule has 41 heavy (non-hydrogen) atoms. The average Bonchev–Trinajstić information content (AvgIpc) is 2.95. The lowest BCUT2D eigenvalue weighted by Gasteiger charge is -2.27. The quantitative estimate of drug-likeness (QED) is 0.155. The Morgan fingerprint density at radius 1 is 0.829 bits per heavy atom. The van der Waals surface area contributed by atoms with Gasteiger partial charge in [-0.3, -0.25) is 14.6 Å². The first-order chi connectivity index (χ1) is 19.2. The van der Waals surface area contributed by atoms with Crippen LogP contribution in [0.4, 0.5) is 36.4 Å². The highest BCUT2D eigenvalue weighted by atomic mass is 19.4. The number of carbonyl (C=O) groups excluding carboxylic acids is 2. The number of hydrogen-bond acceptors (Lipinski definition) is 5. The van der Waals surface area contributed by atoms with Gasteiger partial charge in [0.15, 0.2) is 0 Å². The maximum absolute atomic E-state index is 13.7. The number of hydrogen-bond donors (Lipinski definition) is 2. The average molecular weight is 577 g/mol. The molecule has 2 aromatic carbocycles. The fraction of sp³-hybridized carbons (Fsp3) is 0.148. The molecular weight excluding hydrogens is 559 g/mol. The number of rotatable bonds is 7. The minimum Gasteiger partial charge on any atom is -0.321 e. The Labute approximate surface area is 227 Å². The van der Waals surface area contributed by atoms with Gasteiger partial charge >= 0.3 is 23.9 Å². The zero-order valence-corrected chi connectivity index (χ0v) is 20.8. The molecule has 0 aliphatic rings. The molecule has 0 unspecified atom stereocenters. The smallest absolute Gasteiger partial charge is 0.321 e. The van der Waals surface area contributed by atoms with E-state index in [1.54, 1.807) is 48.7 Å². The topological polar surface area (TPSA) is 96.3 Å². The lowest BCUT2D eigenvalue weighted by Crippen LogP contribution is -2.57. The Morgan fingerprint density at radius 2 is 1.54 bits per heavy atom. The maximum atomic E-state index is 13.7. The number of halogens is 7. The summed E-state index contributed by atoms with van der Waals surface area (Å²) in [5, 5.41) is 5.85. The number of pyridine rings is 2. The summed E-state index contributed by atoms with van der Waals surface area (Å²) in [5.41, 5.74) is 3.73. The van der Waals surface area contributed by atoms with Crippen molar-refractivity contribution in [2.45, 2.75) is 24.9 Å². The molecule has 0 bridgehead atoms. The third-order valence-corrected chi connectivity index (χ3v) is 5.79. The zero-order chi connectivity index (χ0) is 30.0. The summed E-state index contributed by atoms with van der Waals surface area (Å²) in [5.74, 6) is -16.2. The summed E-state index contributed by atoms with van der Waals surface area (Å²) in [6.07, 6.45) is -5.09. The van der Waals surface area contributed by atoms with E-state index in [2.05, 4.69) is 20.5 Å². The number of para-hydroxylation sites is 1. The van der Waals surface area contributed by atoms with Crippen molar-refractivity contribution in [1.82, 2.24) is 15.4 Å². The fourth-order valence-corrected chi connectivity index (χ4v) is 3.62. The number of alkyl halides is 7. The van der Waals surface area contributed by atoms with Crippen molar-refractivity contribution in [3.05, 3.63) is 90.1 Å². The summed E-state index contributed by atoms with van der Waals surface area (Å²) in [6.45, 7) is 1.40. The Bertz CT molecular complexity index is 1640. The van der Waals surface area contributed by atoms with Crippen LogP contribution in [-0.2, 0) is 4.79 Å². The molecule has 0 spiro atoms. The van der Waals surface area contributed by atoms with E-state index < -0.39 is 35.5 Å². The highest BCUT2D eigenvalue weighted by molar-refractivity contribution is 6.08. The molecule has 2 amide bonds. The van der Waals surface area contributed by atoms with Gasteiger partial charge in [-0.2, -0.15) is 35.8 Å². The summed E-state index contributed by atoms with van der Waals surface area (Å²) < 4.78 is 91.0. The third-order valence-electron chi connectivity index (χ3n) is 5.79. The number of nitrogens with one attached hydrogen (secondary N) is 2. The predicted molar refractivity (Wildman–Crippen MR) is 136 cm³/mol. The molecule has 4 rings (SSSR count). The monoisotopic (exact) mass is 577 g/mol. The Morgan fingerprint density at radius 3 is 2.22 bits per heavy atom. The molecule has 0 saturated heterocycles. The van der Waals surface area contributed by atoms with Crippen LogP contribution >= 0.6 is 0 Å². The molecule has 2 N–H and O–H groups in total. The van der Waals surface area contributed by atoms with Crippen LogP contribution in [0, 0.1) is 0 Å². The second-order valence-corrected chi connectivity index (χ2v) is 8.61. The lowest BCUT2D eigenvalue weighted by atomic mass is 10.1. The summed E-state index contributed by atoms with van der Waals surface area (Å²) in [4.78, 5) is 33.6. The maximum Gasteiger partial charge on any atom is 0.460 e. The fourth-order valence-electron chi connectivity index (χ4n) is 3.62. The van der Waals surface area contributed by atoms with Crippen LogP contribution in [0.3, 0.4) is 0 Å². The molecular formula is C27H18F7N5O2. The minimum atomic E-state index is -6.66. The molecule has 0 atom stereocenters. The van der Waals surface area contributed by atoms with Crippen LogP contribution in [-0.4, -0.2) is 45.5 Å². The van der Waals surface area contributed by atoms with Crippen LogP contribution in [0.5, 0.6) is 0 Å². The van der Waals surface area contributed by atoms with Crippen LogP contribution < -0.4 is 10.7 Å². The van der Waals surface area contributed by atoms with Gasteiger partial charge in [-0.15, -0.1) is 0 Å². The van der Waals surface area contributed by atoms with Gasteiger partial charge in [0.2, 0.25) is 0 Å². The van der Waals surface area contributed by atoms with Crippen molar-refractivity contribution in [1.29, 1.82) is 0 Å². The van der Waals surface area contributed by atoms with E-state index in [1.807, 2.05) is 0 Å². The van der Waals surface area contributed by atoms with Crippen molar-refractivity contribution in [3.63, 3.8) is 0 Å². The first-order valence-electron chi connectivity index (χ1n) is 11.6. The number of benzene rings is 2. The first-order valence-corrected chi connectivity index (χ1v) is 11.6. The van der Waals surface area contributed by atoms with E-state index in [1.165, 1.54) is 30.4 Å². The van der Waals surface area contributed by atoms with E-state index >= 15 is 0 Å². The molecule has 212 valence electrons. The summed E-state index contributed by atoms with van der Waals surface area (Å²) in [6, 6.07) is 18.2. The third kappa shape index (κ3) is 5.85. The molecule has 14 heteroatoms. The Hall–Kier alpha value is -4.88. The summed E-state index contributed by atoms with van der Waals surface area (Å²) >= 11 is 0. The van der Waals surface area contributed by atoms with Gasteiger partial charge in [-0.05, 0) is 48.9 Å². The normalized spacial score (nSPS) is 12.7. The van der Waals surface area contributed by atoms with E-state index in [9.17, 15) is 40.3 Å². The van der Waals surface area contributed by atoms with Gasteiger partial charge in [0.05, 0.1) is 28.2 Å². The zero-order valence-electron chi connectivity index (χ0n) is 20.8. The number of fused-ring (bicyclic) bond motifs is 1. The molecule has 0 aliphatic carbocycles. The molecule has 4 aromatic rings. The number of amides is 2. The molecule has 2 heterocycles. The van der Waals surface area contributed by atoms with Crippen molar-refractivity contribution < 1.29 is 40.3 Å². The number of nitrogens with zero attached hydrogens (tertiary/aromatic N) is 3. The highest BCUT2D eigenvalue weighted by Gasteiger charge is 2.76. The van der Waals surface area contributed by atoms with Crippen molar-refractivity contribution in [2.75, 3.05) is 5.32 Å². The summed E-state index contributed by atoms with van der Waals surface area (Å²) in [7, 11) is 0. The molecule has 0 fully saturated rings. The van der Waals surface area contributed by atoms with Crippen LogP contribution in [0.2, 0.25) is 0 Å². The molecule has 7 nitrogen and oxygen atoms in total. The SMILES string of the molecule is C/C(=N\NC(=O)c1cc(-c2ccccn2)nc2ccccc12)c1cccc(NC(=O)C(F)(F)C(F)(F)C(F)(F)F)c1. The second-order valence-electron chi connectivity index (χ2n) is 8.61. The van der Waals surface area contributed by atoms with Gasteiger partial charge < -0.3 is 5.32 Å². The van der Waals surface area contributed by atoms with Crippen LogP contribution in [0.1, 0.15) is 22.8 Å². The molecule has 2 aromatic heterocycles. The Balaban J connectivity index is 1.56. The largest absolute Gasteiger partial charge is 0.460 e. The van der Waals surface area contributed by atoms with E-state index in [0.29, 0.717) is 22.3 Å². The number of anilines is 1. The second kappa shape index (κ2) is 10.9. The van der Waals surface area contributed by atoms with Gasteiger partial charge in [0.25, 0.3) is 5.91 Å². The molecule has 0 radical (unpaired) electrons. The van der Waals surface area contributed by atoms with Crippen molar-refractivity contribution >= 4 is 34.1 Å². The van der Waals surface area contributed by atoms with Gasteiger partial charge in [-0.1, -0.05) is 36.4 Å². The lowest BCUT2D eigenvalue weighted by molar-refractivity contribution is -0.343. The van der Waals surface area contributed by atoms with Crippen LogP contribution in [0.15, 0.2) is 84.1 Å². The standard InChI is InChI=1S/C27H18F7N5O2/c1-15(16-7-6-8-17(13-16)36-24(41)25(28,29)26(30,31)27(32,33)34)38-39-23(40)19-14-22(21-11-4-5-12-35-21)37-20-10-3-2-9-18(19)20/h2-14H,1H3,(H,36,41)(H,39,40)/b38-15+. The minimum absolute atomic E-state index is 0.0881. The molecule has 0 saturated carbocycles. The first kappa shape index (κ1) is 29.1. The molecule has 0 aliphatic heterocycles. The number of hydrazone groups is 1. The van der Waals surface area contributed by atoms with Gasteiger partial charge in [0, 0.05) is 17.3 Å².